The molecule has 0 saturated carbocycles. The molecule has 19 heavy (non-hydrogen) atoms. The quantitative estimate of drug-likeness (QED) is 0.828. The van der Waals surface area contributed by atoms with Gasteiger partial charge in [-0.15, -0.1) is 0 Å². The van der Waals surface area contributed by atoms with Crippen molar-refractivity contribution in [1.82, 2.24) is 0 Å². The van der Waals surface area contributed by atoms with E-state index in [0.717, 1.165) is 12.1 Å². The molecular weight excluding hydrogens is 244 g/mol. The minimum Gasteiger partial charge on any atom is -0.375 e. The fourth-order valence-corrected chi connectivity index (χ4v) is 1.42. The molecule has 0 heterocycles. The lowest BCUT2D eigenvalue weighted by molar-refractivity contribution is -0.120. The Hall–Kier alpha value is -1.88. The van der Waals surface area contributed by atoms with Crippen LogP contribution in [0.2, 0.25) is 0 Å². The Kier molecular flexibility index (Phi) is 6.02. The van der Waals surface area contributed by atoms with E-state index < -0.39 is 0 Å². The number of rotatable bonds is 6. The molecule has 0 saturated heterocycles. The minimum atomic E-state index is -0.209. The number of nitrogens with one attached hydrogen (secondary N) is 2. The van der Waals surface area contributed by atoms with Crippen LogP contribution in [0.15, 0.2) is 24.3 Å². The summed E-state index contributed by atoms with van der Waals surface area (Å²) in [5, 5.41) is 5.50. The largest absolute Gasteiger partial charge is 0.375 e. The standard InChI is InChI=1S/C14H20N2O3/c1-4-10(2)14(18)16-12-7-5-11(6-8-12)15-13(17)9-19-3/h5-8,10H,4,9H2,1-3H3,(H,15,17)(H,16,18)/t10-/m0/s1. The topological polar surface area (TPSA) is 67.4 Å². The average molecular weight is 264 g/mol. The lowest BCUT2D eigenvalue weighted by Crippen LogP contribution is -2.20. The highest BCUT2D eigenvalue weighted by molar-refractivity contribution is 5.94. The molecule has 1 aromatic carbocycles. The first-order valence-corrected chi connectivity index (χ1v) is 6.26. The highest BCUT2D eigenvalue weighted by atomic mass is 16.5. The van der Waals surface area contributed by atoms with E-state index in [1.165, 1.54) is 7.11 Å². The van der Waals surface area contributed by atoms with Gasteiger partial charge in [0.2, 0.25) is 11.8 Å². The average Bonchev–Trinajstić information content (AvgIpc) is 2.40. The third-order valence-electron chi connectivity index (χ3n) is 2.77. The van der Waals surface area contributed by atoms with Crippen LogP contribution in [0.25, 0.3) is 0 Å². The molecule has 104 valence electrons. The second-order valence-electron chi connectivity index (χ2n) is 4.36. The van der Waals surface area contributed by atoms with E-state index in [4.69, 9.17) is 4.74 Å². The number of benzene rings is 1. The summed E-state index contributed by atoms with van der Waals surface area (Å²) in [5.74, 6) is -0.223. The van der Waals surface area contributed by atoms with Gasteiger partial charge in [-0.1, -0.05) is 13.8 Å². The SMILES string of the molecule is CC[C@H](C)C(=O)Nc1ccc(NC(=O)COC)cc1. The Labute approximate surface area is 113 Å². The summed E-state index contributed by atoms with van der Waals surface area (Å²) in [7, 11) is 1.47. The first-order chi connectivity index (χ1) is 9.06. The first-order valence-electron chi connectivity index (χ1n) is 6.26. The predicted molar refractivity (Wildman–Crippen MR) is 75.0 cm³/mol. The van der Waals surface area contributed by atoms with Gasteiger partial charge in [-0.2, -0.15) is 0 Å². The summed E-state index contributed by atoms with van der Waals surface area (Å²) in [6, 6.07) is 6.98. The Balaban J connectivity index is 2.56. The maximum atomic E-state index is 11.7. The number of carbonyl (C=O) groups excluding carboxylic acids is 2. The Bertz CT molecular complexity index is 429. The maximum Gasteiger partial charge on any atom is 0.250 e. The van der Waals surface area contributed by atoms with Gasteiger partial charge in [-0.25, -0.2) is 0 Å². The van der Waals surface area contributed by atoms with Crippen molar-refractivity contribution in [3.8, 4) is 0 Å². The molecular formula is C14H20N2O3. The van der Waals surface area contributed by atoms with Gasteiger partial charge in [0.1, 0.15) is 6.61 Å². The van der Waals surface area contributed by atoms with Crippen molar-refractivity contribution in [2.45, 2.75) is 20.3 Å². The zero-order valence-electron chi connectivity index (χ0n) is 11.5. The summed E-state index contributed by atoms with van der Waals surface area (Å²) >= 11 is 0. The number of ether oxygens (including phenoxy) is 1. The number of hydrogen-bond donors (Lipinski definition) is 2. The molecule has 0 radical (unpaired) electrons. The van der Waals surface area contributed by atoms with Crippen LogP contribution < -0.4 is 10.6 Å². The van der Waals surface area contributed by atoms with Crippen LogP contribution in [-0.4, -0.2) is 25.5 Å². The van der Waals surface area contributed by atoms with Crippen LogP contribution in [0.3, 0.4) is 0 Å². The van der Waals surface area contributed by atoms with Crippen molar-refractivity contribution in [1.29, 1.82) is 0 Å². The molecule has 0 aliphatic carbocycles. The molecule has 0 spiro atoms. The summed E-state index contributed by atoms with van der Waals surface area (Å²) in [5.41, 5.74) is 1.39. The van der Waals surface area contributed by atoms with Gasteiger partial charge >= 0.3 is 0 Å². The molecule has 1 atom stereocenters. The monoisotopic (exact) mass is 264 g/mol. The second-order valence-corrected chi connectivity index (χ2v) is 4.36. The molecule has 5 heteroatoms. The van der Waals surface area contributed by atoms with E-state index in [0.29, 0.717) is 5.69 Å². The van der Waals surface area contributed by atoms with Crippen LogP contribution >= 0.6 is 0 Å². The molecule has 0 fully saturated rings. The van der Waals surface area contributed by atoms with Gasteiger partial charge < -0.3 is 15.4 Å². The molecule has 1 rings (SSSR count). The molecule has 2 N–H and O–H groups in total. The minimum absolute atomic E-state index is 0.00123. The van der Waals surface area contributed by atoms with Crippen LogP contribution in [0.5, 0.6) is 0 Å². The summed E-state index contributed by atoms with van der Waals surface area (Å²) < 4.78 is 4.72. The van der Waals surface area contributed by atoms with Crippen molar-refractivity contribution < 1.29 is 14.3 Å². The molecule has 0 aliphatic heterocycles. The van der Waals surface area contributed by atoms with Crippen LogP contribution in [-0.2, 0) is 14.3 Å². The lowest BCUT2D eigenvalue weighted by Gasteiger charge is -2.10. The van der Waals surface area contributed by atoms with Crippen molar-refractivity contribution in [3.05, 3.63) is 24.3 Å². The van der Waals surface area contributed by atoms with Gasteiger partial charge in [0.15, 0.2) is 0 Å². The van der Waals surface area contributed by atoms with Crippen molar-refractivity contribution >= 4 is 23.2 Å². The third-order valence-corrected chi connectivity index (χ3v) is 2.77. The molecule has 1 aromatic rings. The van der Waals surface area contributed by atoms with E-state index in [2.05, 4.69) is 10.6 Å². The van der Waals surface area contributed by atoms with Crippen molar-refractivity contribution in [3.63, 3.8) is 0 Å². The number of methoxy groups -OCH3 is 1. The fraction of sp³-hybridized carbons (Fsp3) is 0.429. The first kappa shape index (κ1) is 15.2. The van der Waals surface area contributed by atoms with Crippen molar-refractivity contribution in [2.24, 2.45) is 5.92 Å². The number of anilines is 2. The van der Waals surface area contributed by atoms with Crippen LogP contribution in [0, 0.1) is 5.92 Å². The van der Waals surface area contributed by atoms with Crippen molar-refractivity contribution in [2.75, 3.05) is 24.4 Å². The highest BCUT2D eigenvalue weighted by Crippen LogP contribution is 2.15. The Morgan fingerprint density at radius 2 is 1.68 bits per heavy atom. The maximum absolute atomic E-state index is 11.7. The second kappa shape index (κ2) is 7.53. The summed E-state index contributed by atoms with van der Waals surface area (Å²) in [6.07, 6.45) is 0.803. The van der Waals surface area contributed by atoms with Gasteiger partial charge in [0.05, 0.1) is 0 Å². The van der Waals surface area contributed by atoms with Crippen LogP contribution in [0.1, 0.15) is 20.3 Å². The van der Waals surface area contributed by atoms with Crippen LogP contribution in [0.4, 0.5) is 11.4 Å². The lowest BCUT2D eigenvalue weighted by atomic mass is 10.1. The number of carbonyl (C=O) groups is 2. The highest BCUT2D eigenvalue weighted by Gasteiger charge is 2.10. The Morgan fingerprint density at radius 3 is 2.16 bits per heavy atom. The molecule has 0 aliphatic rings. The van der Waals surface area contributed by atoms with Gasteiger partial charge in [-0.05, 0) is 30.7 Å². The zero-order chi connectivity index (χ0) is 14.3. The third kappa shape index (κ3) is 5.09. The normalized spacial score (nSPS) is 11.7. The van der Waals surface area contributed by atoms with E-state index in [1.54, 1.807) is 24.3 Å². The van der Waals surface area contributed by atoms with Gasteiger partial charge in [0, 0.05) is 24.4 Å². The molecule has 0 bridgehead atoms. The summed E-state index contributed by atoms with van der Waals surface area (Å²) in [4.78, 5) is 23.0. The molecule has 5 nitrogen and oxygen atoms in total. The molecule has 0 unspecified atom stereocenters. The summed E-state index contributed by atoms with van der Waals surface area (Å²) in [6.45, 7) is 3.87. The Morgan fingerprint density at radius 1 is 1.16 bits per heavy atom. The smallest absolute Gasteiger partial charge is 0.250 e. The predicted octanol–water partition coefficient (Wildman–Crippen LogP) is 2.26. The molecule has 0 aromatic heterocycles. The number of amides is 2. The molecule has 2 amide bonds. The van der Waals surface area contributed by atoms with E-state index in [9.17, 15) is 9.59 Å². The van der Waals surface area contributed by atoms with E-state index in [-0.39, 0.29) is 24.3 Å². The van der Waals surface area contributed by atoms with E-state index in [1.807, 2.05) is 13.8 Å². The zero-order valence-corrected chi connectivity index (χ0v) is 11.5. The van der Waals surface area contributed by atoms with Gasteiger partial charge in [0.25, 0.3) is 0 Å². The number of hydrogen-bond acceptors (Lipinski definition) is 3. The van der Waals surface area contributed by atoms with E-state index >= 15 is 0 Å². The fourth-order valence-electron chi connectivity index (χ4n) is 1.42. The van der Waals surface area contributed by atoms with Gasteiger partial charge in [-0.3, -0.25) is 9.59 Å².